The second-order valence-electron chi connectivity index (χ2n) is 4.31. The molecule has 0 fully saturated rings. The van der Waals surface area contributed by atoms with Crippen LogP contribution in [0.5, 0.6) is 0 Å². The molecule has 0 atom stereocenters. The van der Waals surface area contributed by atoms with Crippen LogP contribution in [0.4, 0.5) is 0 Å². The number of hydrogen-bond acceptors (Lipinski definition) is 2. The van der Waals surface area contributed by atoms with Gasteiger partial charge in [-0.3, -0.25) is 4.79 Å². The molecule has 0 aliphatic heterocycles. The van der Waals surface area contributed by atoms with Gasteiger partial charge in [0, 0.05) is 4.47 Å². The zero-order valence-corrected chi connectivity index (χ0v) is 12.8. The summed E-state index contributed by atoms with van der Waals surface area (Å²) in [4.78, 5) is 12.4. The third kappa shape index (κ3) is 2.15. The molecular weight excluding hydrogens is 322 g/mol. The summed E-state index contributed by atoms with van der Waals surface area (Å²) in [5, 5.41) is 0.789. The fraction of sp³-hybridized carbons (Fsp3) is 0.133. The van der Waals surface area contributed by atoms with Crippen molar-refractivity contribution in [3.05, 3.63) is 62.9 Å². The van der Waals surface area contributed by atoms with E-state index in [1.54, 1.807) is 3.96 Å². The van der Waals surface area contributed by atoms with E-state index in [9.17, 15) is 4.79 Å². The molecule has 0 aliphatic carbocycles. The molecule has 0 amide bonds. The predicted molar refractivity (Wildman–Crippen MR) is 84.5 cm³/mol. The maximum Gasteiger partial charge on any atom is 0.273 e. The number of aryl methyl sites for hydroxylation is 1. The first-order valence-electron chi connectivity index (χ1n) is 6.10. The molecule has 2 aromatic carbocycles. The Morgan fingerprint density at radius 2 is 2.00 bits per heavy atom. The Hall–Kier alpha value is -1.39. The monoisotopic (exact) mass is 333 g/mol. The Morgan fingerprint density at radius 1 is 1.21 bits per heavy atom. The average molecular weight is 334 g/mol. The first-order chi connectivity index (χ1) is 9.20. The third-order valence-electron chi connectivity index (χ3n) is 3.13. The molecule has 0 spiro atoms. The van der Waals surface area contributed by atoms with Crippen LogP contribution in [0.1, 0.15) is 12.5 Å². The van der Waals surface area contributed by atoms with E-state index in [1.807, 2.05) is 36.4 Å². The highest BCUT2D eigenvalue weighted by atomic mass is 79.9. The van der Waals surface area contributed by atoms with Gasteiger partial charge in [-0.1, -0.05) is 46.5 Å². The molecule has 1 aromatic heterocycles. The van der Waals surface area contributed by atoms with Gasteiger partial charge in [-0.2, -0.15) is 0 Å². The first kappa shape index (κ1) is 12.6. The molecule has 0 saturated heterocycles. The Balaban J connectivity index is 2.30. The Kier molecular flexibility index (Phi) is 3.29. The minimum absolute atomic E-state index is 0.0672. The smallest absolute Gasteiger partial charge is 0.267 e. The molecule has 0 radical (unpaired) electrons. The van der Waals surface area contributed by atoms with Crippen molar-refractivity contribution in [3.8, 4) is 5.69 Å². The quantitative estimate of drug-likeness (QED) is 0.682. The van der Waals surface area contributed by atoms with Gasteiger partial charge in [0.25, 0.3) is 5.56 Å². The van der Waals surface area contributed by atoms with E-state index in [0.29, 0.717) is 0 Å². The van der Waals surface area contributed by atoms with Gasteiger partial charge >= 0.3 is 0 Å². The van der Waals surface area contributed by atoms with Gasteiger partial charge in [-0.25, -0.2) is 3.96 Å². The lowest BCUT2D eigenvalue weighted by Crippen LogP contribution is -2.12. The molecule has 19 heavy (non-hydrogen) atoms. The van der Waals surface area contributed by atoms with Crippen molar-refractivity contribution in [3.63, 3.8) is 0 Å². The lowest BCUT2D eigenvalue weighted by molar-refractivity contribution is 1.05. The standard InChI is InChI=1S/C15H12BrNOS/c1-2-10-9-11(16)7-8-13(10)17-15(18)12-5-3-4-6-14(12)19-17/h3-9H,2H2,1H3. The summed E-state index contributed by atoms with van der Waals surface area (Å²) < 4.78 is 3.86. The summed E-state index contributed by atoms with van der Waals surface area (Å²) in [6, 6.07) is 13.8. The zero-order valence-electron chi connectivity index (χ0n) is 10.4. The molecule has 1 heterocycles. The van der Waals surface area contributed by atoms with Crippen molar-refractivity contribution in [2.24, 2.45) is 0 Å². The maximum absolute atomic E-state index is 12.4. The number of rotatable bonds is 2. The van der Waals surface area contributed by atoms with Crippen LogP contribution in [-0.4, -0.2) is 3.96 Å². The van der Waals surface area contributed by atoms with Crippen molar-refractivity contribution < 1.29 is 0 Å². The van der Waals surface area contributed by atoms with Crippen molar-refractivity contribution in [1.29, 1.82) is 0 Å². The number of benzene rings is 2. The fourth-order valence-corrected chi connectivity index (χ4v) is 3.62. The highest BCUT2D eigenvalue weighted by molar-refractivity contribution is 9.10. The van der Waals surface area contributed by atoms with Crippen LogP contribution in [0.2, 0.25) is 0 Å². The minimum atomic E-state index is 0.0672. The number of fused-ring (bicyclic) bond motifs is 1. The van der Waals surface area contributed by atoms with E-state index in [2.05, 4.69) is 28.9 Å². The zero-order chi connectivity index (χ0) is 13.4. The molecule has 0 N–H and O–H groups in total. The van der Waals surface area contributed by atoms with Gasteiger partial charge in [-0.15, -0.1) is 0 Å². The second-order valence-corrected chi connectivity index (χ2v) is 6.22. The van der Waals surface area contributed by atoms with Crippen LogP contribution in [0.3, 0.4) is 0 Å². The van der Waals surface area contributed by atoms with Crippen molar-refractivity contribution >= 4 is 37.5 Å². The molecule has 3 aromatic rings. The van der Waals surface area contributed by atoms with Crippen LogP contribution in [0, 0.1) is 0 Å². The van der Waals surface area contributed by atoms with Crippen LogP contribution in [0.25, 0.3) is 15.8 Å². The molecule has 3 rings (SSSR count). The Morgan fingerprint density at radius 3 is 2.74 bits per heavy atom. The van der Waals surface area contributed by atoms with Gasteiger partial charge in [0.1, 0.15) is 0 Å². The van der Waals surface area contributed by atoms with Crippen molar-refractivity contribution in [2.75, 3.05) is 0 Å². The van der Waals surface area contributed by atoms with Crippen LogP contribution >= 0.6 is 27.5 Å². The largest absolute Gasteiger partial charge is 0.273 e. The van der Waals surface area contributed by atoms with Crippen LogP contribution in [-0.2, 0) is 6.42 Å². The summed E-state index contributed by atoms with van der Waals surface area (Å²) in [5.74, 6) is 0. The topological polar surface area (TPSA) is 22.0 Å². The fourth-order valence-electron chi connectivity index (χ4n) is 2.17. The highest BCUT2D eigenvalue weighted by Gasteiger charge is 2.11. The first-order valence-corrected chi connectivity index (χ1v) is 7.67. The van der Waals surface area contributed by atoms with Gasteiger partial charge in [-0.05, 0) is 42.3 Å². The van der Waals surface area contributed by atoms with Gasteiger partial charge < -0.3 is 0 Å². The summed E-state index contributed by atoms with van der Waals surface area (Å²) in [5.41, 5.74) is 2.22. The van der Waals surface area contributed by atoms with Gasteiger partial charge in [0.2, 0.25) is 0 Å². The van der Waals surface area contributed by atoms with Gasteiger partial charge in [0.15, 0.2) is 0 Å². The Labute approximate surface area is 123 Å². The van der Waals surface area contributed by atoms with Gasteiger partial charge in [0.05, 0.1) is 15.8 Å². The molecule has 2 nitrogen and oxygen atoms in total. The summed E-state index contributed by atoms with van der Waals surface area (Å²) in [7, 11) is 0. The highest BCUT2D eigenvalue weighted by Crippen LogP contribution is 2.24. The van der Waals surface area contributed by atoms with E-state index in [1.165, 1.54) is 17.1 Å². The SMILES string of the molecule is CCc1cc(Br)ccc1-n1sc2ccccc2c1=O. The molecule has 0 aliphatic rings. The van der Waals surface area contributed by atoms with E-state index < -0.39 is 0 Å². The molecule has 96 valence electrons. The van der Waals surface area contributed by atoms with E-state index in [4.69, 9.17) is 0 Å². The molecule has 4 heteroatoms. The number of aromatic nitrogens is 1. The molecule has 0 bridgehead atoms. The normalized spacial score (nSPS) is 11.1. The van der Waals surface area contributed by atoms with E-state index in [0.717, 1.165) is 26.7 Å². The second kappa shape index (κ2) is 4.94. The lowest BCUT2D eigenvalue weighted by Gasteiger charge is -2.07. The predicted octanol–water partition coefficient (Wildman–Crippen LogP) is 4.38. The van der Waals surface area contributed by atoms with Crippen LogP contribution in [0.15, 0.2) is 51.7 Å². The summed E-state index contributed by atoms with van der Waals surface area (Å²) >= 11 is 4.98. The van der Waals surface area contributed by atoms with Crippen molar-refractivity contribution in [2.45, 2.75) is 13.3 Å². The summed E-state index contributed by atoms with van der Waals surface area (Å²) in [6.07, 6.45) is 0.898. The maximum atomic E-state index is 12.4. The van der Waals surface area contributed by atoms with E-state index >= 15 is 0 Å². The minimum Gasteiger partial charge on any atom is -0.267 e. The molecule has 0 saturated carbocycles. The molecule has 0 unspecified atom stereocenters. The number of halogens is 1. The number of hydrogen-bond donors (Lipinski definition) is 0. The van der Waals surface area contributed by atoms with Crippen molar-refractivity contribution in [1.82, 2.24) is 3.96 Å². The third-order valence-corrected chi connectivity index (χ3v) is 4.72. The Bertz CT molecular complexity index is 803. The molecular formula is C15H12BrNOS. The average Bonchev–Trinajstić information content (AvgIpc) is 2.76. The number of nitrogens with zero attached hydrogens (tertiary/aromatic N) is 1. The summed E-state index contributed by atoms with van der Waals surface area (Å²) in [6.45, 7) is 2.10. The van der Waals surface area contributed by atoms with E-state index in [-0.39, 0.29) is 5.56 Å². The lowest BCUT2D eigenvalue weighted by atomic mass is 10.1. The van der Waals surface area contributed by atoms with Crippen LogP contribution < -0.4 is 5.56 Å².